The summed E-state index contributed by atoms with van der Waals surface area (Å²) in [7, 11) is 0. The van der Waals surface area contributed by atoms with E-state index in [0.29, 0.717) is 25.9 Å². The molecule has 1 unspecified atom stereocenters. The molecule has 1 atom stereocenters. The first-order valence-corrected chi connectivity index (χ1v) is 7.89. The van der Waals surface area contributed by atoms with Crippen LogP contribution >= 0.6 is 0 Å². The fraction of sp³-hybridized carbons (Fsp3) is 0.529. The Morgan fingerprint density at radius 3 is 2.52 bits per heavy atom. The summed E-state index contributed by atoms with van der Waals surface area (Å²) >= 11 is 0. The minimum Gasteiger partial charge on any atom is -0.356 e. The number of nitrogens with one attached hydrogen (secondary N) is 1. The smallest absolute Gasteiger partial charge is 0.254 e. The number of piperidine rings is 1. The van der Waals surface area contributed by atoms with Crippen molar-refractivity contribution in [2.24, 2.45) is 5.41 Å². The highest BCUT2D eigenvalue weighted by atomic mass is 19.1. The number of nitrogens with zero attached hydrogens (tertiary/aromatic N) is 1. The van der Waals surface area contributed by atoms with E-state index in [1.165, 1.54) is 4.90 Å². The molecule has 1 saturated heterocycles. The summed E-state index contributed by atoms with van der Waals surface area (Å²) in [5.41, 5.74) is -0.699. The summed E-state index contributed by atoms with van der Waals surface area (Å²) in [4.78, 5) is 26.3. The van der Waals surface area contributed by atoms with Gasteiger partial charge in [0.25, 0.3) is 5.91 Å². The van der Waals surface area contributed by atoms with Gasteiger partial charge in [0.05, 0.1) is 5.41 Å². The Morgan fingerprint density at radius 2 is 1.91 bits per heavy atom. The molecular formula is C17H22F2N2O2. The minimum atomic E-state index is -0.784. The van der Waals surface area contributed by atoms with Crippen molar-refractivity contribution in [3.63, 3.8) is 0 Å². The number of rotatable bonds is 4. The van der Waals surface area contributed by atoms with E-state index < -0.39 is 23.0 Å². The van der Waals surface area contributed by atoms with Crippen LogP contribution in [0.25, 0.3) is 0 Å². The molecule has 4 nitrogen and oxygen atoms in total. The number of halogens is 2. The van der Waals surface area contributed by atoms with Crippen LogP contribution in [-0.4, -0.2) is 36.3 Å². The molecule has 1 aliphatic heterocycles. The monoisotopic (exact) mass is 324 g/mol. The first-order chi connectivity index (χ1) is 10.9. The lowest BCUT2D eigenvalue weighted by Gasteiger charge is -2.39. The molecule has 0 spiro atoms. The van der Waals surface area contributed by atoms with Crippen LogP contribution in [0.5, 0.6) is 0 Å². The topological polar surface area (TPSA) is 49.4 Å². The summed E-state index contributed by atoms with van der Waals surface area (Å²) in [5, 5.41) is 2.86. The van der Waals surface area contributed by atoms with Gasteiger partial charge < -0.3 is 10.2 Å². The quantitative estimate of drug-likeness (QED) is 0.926. The van der Waals surface area contributed by atoms with Gasteiger partial charge in [0.1, 0.15) is 11.6 Å². The van der Waals surface area contributed by atoms with Crippen molar-refractivity contribution in [3.8, 4) is 0 Å². The van der Waals surface area contributed by atoms with Gasteiger partial charge in [0.2, 0.25) is 5.91 Å². The average molecular weight is 324 g/mol. The van der Waals surface area contributed by atoms with Crippen molar-refractivity contribution in [3.05, 3.63) is 35.4 Å². The van der Waals surface area contributed by atoms with Crippen LogP contribution in [0, 0.1) is 17.0 Å². The van der Waals surface area contributed by atoms with E-state index in [9.17, 15) is 18.4 Å². The van der Waals surface area contributed by atoms with Crippen LogP contribution in [-0.2, 0) is 4.79 Å². The fourth-order valence-corrected chi connectivity index (χ4v) is 2.91. The molecule has 1 heterocycles. The van der Waals surface area contributed by atoms with Gasteiger partial charge in [0, 0.05) is 31.3 Å². The van der Waals surface area contributed by atoms with Gasteiger partial charge in [-0.25, -0.2) is 8.78 Å². The highest BCUT2D eigenvalue weighted by molar-refractivity contribution is 5.95. The minimum absolute atomic E-state index is 0.0271. The van der Waals surface area contributed by atoms with Gasteiger partial charge in [-0.2, -0.15) is 0 Å². The molecule has 1 aliphatic rings. The maximum Gasteiger partial charge on any atom is 0.254 e. The SMILES string of the molecule is CCCNC(=O)C1(C)CCCN(C(=O)c2cc(F)cc(F)c2)C1. The van der Waals surface area contributed by atoms with E-state index in [4.69, 9.17) is 0 Å². The molecule has 6 heteroatoms. The number of amides is 2. The third kappa shape index (κ3) is 4.06. The molecule has 0 aromatic heterocycles. The van der Waals surface area contributed by atoms with Crippen molar-refractivity contribution in [2.75, 3.05) is 19.6 Å². The lowest BCUT2D eigenvalue weighted by atomic mass is 9.80. The van der Waals surface area contributed by atoms with Crippen molar-refractivity contribution < 1.29 is 18.4 Å². The van der Waals surface area contributed by atoms with E-state index in [1.807, 2.05) is 13.8 Å². The molecule has 23 heavy (non-hydrogen) atoms. The predicted octanol–water partition coefficient (Wildman–Crippen LogP) is 2.73. The molecule has 1 N–H and O–H groups in total. The number of benzene rings is 1. The number of carbonyl (C=O) groups excluding carboxylic acids is 2. The molecule has 0 radical (unpaired) electrons. The zero-order valence-electron chi connectivity index (χ0n) is 13.5. The maximum atomic E-state index is 13.3. The second kappa shape index (κ2) is 7.06. The average Bonchev–Trinajstić information content (AvgIpc) is 2.50. The Kier molecular flexibility index (Phi) is 5.34. The molecule has 2 amide bonds. The molecule has 2 rings (SSSR count). The summed E-state index contributed by atoms with van der Waals surface area (Å²) in [6.07, 6.45) is 2.20. The summed E-state index contributed by atoms with van der Waals surface area (Å²) < 4.78 is 26.6. The molecule has 0 aliphatic carbocycles. The van der Waals surface area contributed by atoms with E-state index in [-0.39, 0.29) is 18.0 Å². The number of hydrogen-bond donors (Lipinski definition) is 1. The zero-order chi connectivity index (χ0) is 17.0. The Bertz CT molecular complexity index is 586. The standard InChI is InChI=1S/C17H22F2N2O2/c1-3-6-20-16(23)17(2)5-4-7-21(11-17)15(22)12-8-13(18)10-14(19)9-12/h8-10H,3-7,11H2,1-2H3,(H,20,23). The van der Waals surface area contributed by atoms with Crippen LogP contribution in [0.2, 0.25) is 0 Å². The molecule has 0 bridgehead atoms. The summed E-state index contributed by atoms with van der Waals surface area (Å²) in [5.74, 6) is -2.09. The molecule has 126 valence electrons. The highest BCUT2D eigenvalue weighted by Gasteiger charge is 2.39. The van der Waals surface area contributed by atoms with Crippen LogP contribution in [0.3, 0.4) is 0 Å². The number of likely N-dealkylation sites (tertiary alicyclic amines) is 1. The largest absolute Gasteiger partial charge is 0.356 e. The van der Waals surface area contributed by atoms with E-state index >= 15 is 0 Å². The lowest BCUT2D eigenvalue weighted by molar-refractivity contribution is -0.132. The van der Waals surface area contributed by atoms with Crippen LogP contribution in [0.1, 0.15) is 43.5 Å². The van der Waals surface area contributed by atoms with E-state index in [1.54, 1.807) is 0 Å². The van der Waals surface area contributed by atoms with Crippen molar-refractivity contribution in [1.82, 2.24) is 10.2 Å². The van der Waals surface area contributed by atoms with Crippen LogP contribution < -0.4 is 5.32 Å². The van der Waals surface area contributed by atoms with Gasteiger partial charge in [0.15, 0.2) is 0 Å². The first kappa shape index (κ1) is 17.4. The molecule has 1 fully saturated rings. The van der Waals surface area contributed by atoms with Crippen molar-refractivity contribution in [1.29, 1.82) is 0 Å². The second-order valence-corrected chi connectivity index (χ2v) is 6.30. The maximum absolute atomic E-state index is 13.3. The van der Waals surface area contributed by atoms with Gasteiger partial charge in [-0.1, -0.05) is 6.92 Å². The zero-order valence-corrected chi connectivity index (χ0v) is 13.5. The van der Waals surface area contributed by atoms with Crippen LogP contribution in [0.4, 0.5) is 8.78 Å². The summed E-state index contributed by atoms with van der Waals surface area (Å²) in [6.45, 7) is 5.12. The van der Waals surface area contributed by atoms with Crippen molar-refractivity contribution >= 4 is 11.8 Å². The number of carbonyl (C=O) groups is 2. The Morgan fingerprint density at radius 1 is 1.26 bits per heavy atom. The normalized spacial score (nSPS) is 21.1. The van der Waals surface area contributed by atoms with Crippen LogP contribution in [0.15, 0.2) is 18.2 Å². The van der Waals surface area contributed by atoms with Gasteiger partial charge in [-0.05, 0) is 38.3 Å². The second-order valence-electron chi connectivity index (χ2n) is 6.30. The van der Waals surface area contributed by atoms with Crippen molar-refractivity contribution in [2.45, 2.75) is 33.1 Å². The molecule has 1 aromatic rings. The number of hydrogen-bond acceptors (Lipinski definition) is 2. The molecule has 1 aromatic carbocycles. The summed E-state index contributed by atoms with van der Waals surface area (Å²) in [6, 6.07) is 2.78. The third-order valence-corrected chi connectivity index (χ3v) is 4.18. The van der Waals surface area contributed by atoms with Gasteiger partial charge in [-0.3, -0.25) is 9.59 Å². The Balaban J connectivity index is 2.13. The fourth-order valence-electron chi connectivity index (χ4n) is 2.91. The first-order valence-electron chi connectivity index (χ1n) is 7.89. The van der Waals surface area contributed by atoms with E-state index in [2.05, 4.69) is 5.32 Å². The lowest BCUT2D eigenvalue weighted by Crippen LogP contribution is -2.52. The van der Waals surface area contributed by atoms with Gasteiger partial charge in [-0.15, -0.1) is 0 Å². The third-order valence-electron chi connectivity index (χ3n) is 4.18. The molecule has 0 saturated carbocycles. The predicted molar refractivity (Wildman–Crippen MR) is 82.9 cm³/mol. The van der Waals surface area contributed by atoms with Gasteiger partial charge >= 0.3 is 0 Å². The Hall–Kier alpha value is -1.98. The van der Waals surface area contributed by atoms with E-state index in [0.717, 1.165) is 24.6 Å². The highest BCUT2D eigenvalue weighted by Crippen LogP contribution is 2.30. The Labute approximate surface area is 134 Å². The molecular weight excluding hydrogens is 302 g/mol.